The van der Waals surface area contributed by atoms with E-state index in [-0.39, 0.29) is 6.10 Å². The second-order valence-corrected chi connectivity index (χ2v) is 5.00. The van der Waals surface area contributed by atoms with E-state index in [2.05, 4.69) is 53.9 Å². The van der Waals surface area contributed by atoms with Gasteiger partial charge < -0.3 is 20.6 Å². The van der Waals surface area contributed by atoms with Crippen LogP contribution in [-0.2, 0) is 6.54 Å². The maximum atomic E-state index is 9.11. The molecule has 0 aliphatic carbocycles. The summed E-state index contributed by atoms with van der Waals surface area (Å²) in [6, 6.07) is 8.68. The third kappa shape index (κ3) is 6.00. The standard InChI is InChI=1S/C14H25N3O/c1-12(18)10-15-8-9-16-11-13-4-6-14(7-5-13)17(2)3/h4-7,12,15-16,18H,8-11H2,1-3H3/p+2/t12-/m1/s1. The Balaban J connectivity index is 2.15. The van der Waals surface area contributed by atoms with Crippen LogP contribution in [0.2, 0.25) is 0 Å². The minimum Gasteiger partial charge on any atom is -0.388 e. The van der Waals surface area contributed by atoms with Crippen molar-refractivity contribution in [2.75, 3.05) is 38.6 Å². The Hall–Kier alpha value is -1.10. The molecular formula is C14H27N3O+2. The number of aliphatic hydroxyl groups excluding tert-OH is 1. The number of benzene rings is 1. The van der Waals surface area contributed by atoms with Gasteiger partial charge in [-0.2, -0.15) is 0 Å². The largest absolute Gasteiger partial charge is 0.388 e. The molecule has 0 aliphatic heterocycles. The maximum absolute atomic E-state index is 9.11. The summed E-state index contributed by atoms with van der Waals surface area (Å²) in [5, 5.41) is 13.6. The fourth-order valence-electron chi connectivity index (χ4n) is 1.79. The van der Waals surface area contributed by atoms with E-state index in [9.17, 15) is 0 Å². The normalized spacial score (nSPS) is 12.4. The quantitative estimate of drug-likeness (QED) is 0.508. The molecule has 5 N–H and O–H groups in total. The van der Waals surface area contributed by atoms with Gasteiger partial charge in [0.25, 0.3) is 0 Å². The van der Waals surface area contributed by atoms with Gasteiger partial charge in [-0.15, -0.1) is 0 Å². The van der Waals surface area contributed by atoms with Crippen molar-refractivity contribution < 1.29 is 15.7 Å². The molecule has 0 heterocycles. The lowest BCUT2D eigenvalue weighted by Gasteiger charge is -2.12. The van der Waals surface area contributed by atoms with Crippen molar-refractivity contribution in [3.05, 3.63) is 29.8 Å². The summed E-state index contributed by atoms with van der Waals surface area (Å²) in [7, 11) is 4.11. The van der Waals surface area contributed by atoms with Gasteiger partial charge in [0.1, 0.15) is 26.2 Å². The summed E-state index contributed by atoms with van der Waals surface area (Å²) >= 11 is 0. The van der Waals surface area contributed by atoms with Gasteiger partial charge in [0, 0.05) is 25.3 Å². The lowest BCUT2D eigenvalue weighted by atomic mass is 10.2. The van der Waals surface area contributed by atoms with Crippen LogP contribution >= 0.6 is 0 Å². The van der Waals surface area contributed by atoms with Crippen LogP contribution in [-0.4, -0.2) is 44.9 Å². The molecule has 1 aromatic carbocycles. The van der Waals surface area contributed by atoms with Crippen molar-refractivity contribution in [1.29, 1.82) is 0 Å². The van der Waals surface area contributed by atoms with Crippen LogP contribution in [0.25, 0.3) is 0 Å². The van der Waals surface area contributed by atoms with Crippen LogP contribution in [0.4, 0.5) is 5.69 Å². The zero-order valence-corrected chi connectivity index (χ0v) is 11.8. The molecule has 0 saturated heterocycles. The second kappa shape index (κ2) is 8.08. The van der Waals surface area contributed by atoms with Gasteiger partial charge in [-0.25, -0.2) is 0 Å². The van der Waals surface area contributed by atoms with Crippen molar-refractivity contribution in [1.82, 2.24) is 0 Å². The molecule has 1 rings (SSSR count). The monoisotopic (exact) mass is 253 g/mol. The van der Waals surface area contributed by atoms with E-state index in [0.717, 1.165) is 26.2 Å². The summed E-state index contributed by atoms with van der Waals surface area (Å²) in [5.74, 6) is 0. The van der Waals surface area contributed by atoms with Crippen LogP contribution in [0.1, 0.15) is 12.5 Å². The van der Waals surface area contributed by atoms with Crippen molar-refractivity contribution in [3.63, 3.8) is 0 Å². The summed E-state index contributed by atoms with van der Waals surface area (Å²) in [5.41, 5.74) is 2.60. The topological polar surface area (TPSA) is 56.7 Å². The molecule has 0 unspecified atom stereocenters. The molecular weight excluding hydrogens is 226 g/mol. The fraction of sp³-hybridized carbons (Fsp3) is 0.571. The number of hydrogen-bond donors (Lipinski definition) is 3. The molecule has 4 heteroatoms. The van der Waals surface area contributed by atoms with Gasteiger partial charge in [-0.1, -0.05) is 12.1 Å². The van der Waals surface area contributed by atoms with Crippen LogP contribution in [0.3, 0.4) is 0 Å². The molecule has 0 bridgehead atoms. The Morgan fingerprint density at radius 3 is 2.28 bits per heavy atom. The van der Waals surface area contributed by atoms with Crippen molar-refractivity contribution in [2.24, 2.45) is 0 Å². The smallest absolute Gasteiger partial charge is 0.125 e. The second-order valence-electron chi connectivity index (χ2n) is 5.00. The lowest BCUT2D eigenvalue weighted by Crippen LogP contribution is -2.95. The Kier molecular flexibility index (Phi) is 6.72. The highest BCUT2D eigenvalue weighted by Gasteiger charge is 2.00. The van der Waals surface area contributed by atoms with Crippen LogP contribution in [0, 0.1) is 0 Å². The highest BCUT2D eigenvalue weighted by molar-refractivity contribution is 5.45. The average molecular weight is 253 g/mol. The molecule has 0 spiro atoms. The van der Waals surface area contributed by atoms with Crippen molar-refractivity contribution in [2.45, 2.75) is 19.6 Å². The third-order valence-electron chi connectivity index (χ3n) is 2.92. The van der Waals surface area contributed by atoms with E-state index in [4.69, 9.17) is 5.11 Å². The first kappa shape index (κ1) is 15.0. The van der Waals surface area contributed by atoms with E-state index in [0.29, 0.717) is 0 Å². The molecule has 0 saturated carbocycles. The third-order valence-corrected chi connectivity index (χ3v) is 2.92. The predicted molar refractivity (Wildman–Crippen MR) is 74.6 cm³/mol. The Morgan fingerprint density at radius 1 is 1.11 bits per heavy atom. The highest BCUT2D eigenvalue weighted by atomic mass is 16.3. The minimum absolute atomic E-state index is 0.205. The molecule has 0 radical (unpaired) electrons. The SMILES string of the molecule is C[C@@H](O)C[NH2+]CC[NH2+]Cc1ccc(N(C)C)cc1. The zero-order chi connectivity index (χ0) is 13.4. The van der Waals surface area contributed by atoms with E-state index in [1.807, 2.05) is 6.92 Å². The Labute approximate surface area is 110 Å². The van der Waals surface area contributed by atoms with E-state index in [1.54, 1.807) is 0 Å². The molecule has 0 fully saturated rings. The summed E-state index contributed by atoms with van der Waals surface area (Å²) in [6.07, 6.45) is -0.205. The number of nitrogens with zero attached hydrogens (tertiary/aromatic N) is 1. The first-order valence-corrected chi connectivity index (χ1v) is 6.67. The first-order chi connectivity index (χ1) is 8.59. The zero-order valence-electron chi connectivity index (χ0n) is 11.8. The summed E-state index contributed by atoms with van der Waals surface area (Å²) in [4.78, 5) is 2.11. The summed E-state index contributed by atoms with van der Waals surface area (Å²) < 4.78 is 0. The Morgan fingerprint density at radius 2 is 1.72 bits per heavy atom. The average Bonchev–Trinajstić information content (AvgIpc) is 2.34. The van der Waals surface area contributed by atoms with Gasteiger partial charge in [0.2, 0.25) is 0 Å². The molecule has 1 atom stereocenters. The van der Waals surface area contributed by atoms with Gasteiger partial charge in [-0.05, 0) is 19.1 Å². The number of anilines is 1. The van der Waals surface area contributed by atoms with E-state index >= 15 is 0 Å². The highest BCUT2D eigenvalue weighted by Crippen LogP contribution is 2.11. The number of rotatable bonds is 8. The molecule has 4 nitrogen and oxygen atoms in total. The van der Waals surface area contributed by atoms with Gasteiger partial charge in [0.05, 0.1) is 6.10 Å². The summed E-state index contributed by atoms with van der Waals surface area (Å²) in [6.45, 7) is 5.79. The molecule has 1 aromatic rings. The molecule has 18 heavy (non-hydrogen) atoms. The van der Waals surface area contributed by atoms with Crippen LogP contribution in [0.5, 0.6) is 0 Å². The van der Waals surface area contributed by atoms with Gasteiger partial charge >= 0.3 is 0 Å². The minimum atomic E-state index is -0.205. The number of hydrogen-bond acceptors (Lipinski definition) is 2. The molecule has 0 aliphatic rings. The number of nitrogens with two attached hydrogens (primary N) is 2. The predicted octanol–water partition coefficient (Wildman–Crippen LogP) is -1.24. The lowest BCUT2D eigenvalue weighted by molar-refractivity contribution is -0.733. The van der Waals surface area contributed by atoms with Crippen molar-refractivity contribution in [3.8, 4) is 0 Å². The van der Waals surface area contributed by atoms with Gasteiger partial charge in [-0.3, -0.25) is 0 Å². The first-order valence-electron chi connectivity index (χ1n) is 6.67. The Bertz CT molecular complexity index is 322. The molecule has 0 amide bonds. The van der Waals surface area contributed by atoms with E-state index < -0.39 is 0 Å². The van der Waals surface area contributed by atoms with E-state index in [1.165, 1.54) is 11.3 Å². The van der Waals surface area contributed by atoms with Crippen LogP contribution in [0.15, 0.2) is 24.3 Å². The molecule has 0 aromatic heterocycles. The number of quaternary nitrogens is 2. The van der Waals surface area contributed by atoms with Crippen molar-refractivity contribution >= 4 is 5.69 Å². The maximum Gasteiger partial charge on any atom is 0.125 e. The van der Waals surface area contributed by atoms with Crippen LogP contribution < -0.4 is 15.5 Å². The van der Waals surface area contributed by atoms with Gasteiger partial charge in [0.15, 0.2) is 0 Å². The number of aliphatic hydroxyl groups is 1. The molecule has 102 valence electrons. The fourth-order valence-corrected chi connectivity index (χ4v) is 1.79.